The molecule has 8 heteroatoms. The van der Waals surface area contributed by atoms with Crippen LogP contribution in [0.5, 0.6) is 0 Å². The molecular formula is C26H38N6O2. The summed E-state index contributed by atoms with van der Waals surface area (Å²) in [5.74, 6) is -0.0545. The van der Waals surface area contributed by atoms with Crippen molar-refractivity contribution in [1.82, 2.24) is 14.4 Å². The van der Waals surface area contributed by atoms with Crippen molar-refractivity contribution < 1.29 is 9.59 Å². The van der Waals surface area contributed by atoms with Gasteiger partial charge in [-0.25, -0.2) is 0 Å². The normalized spacial score (nSPS) is 21.4. The molecule has 184 valence electrons. The van der Waals surface area contributed by atoms with Crippen LogP contribution in [0.2, 0.25) is 0 Å². The highest BCUT2D eigenvalue weighted by Gasteiger charge is 2.40. The number of hydrogen-bond acceptors (Lipinski definition) is 4. The van der Waals surface area contributed by atoms with Gasteiger partial charge in [0.1, 0.15) is 11.9 Å². The Morgan fingerprint density at radius 3 is 2.59 bits per heavy atom. The fraction of sp³-hybridized carbons (Fsp3) is 0.577. The Hall–Kier alpha value is -2.87. The number of nitrogen functional groups attached to an aromatic ring is 1. The molecule has 2 aliphatic rings. The van der Waals surface area contributed by atoms with Crippen molar-refractivity contribution in [3.63, 3.8) is 0 Å². The number of amidine groups is 1. The lowest BCUT2D eigenvalue weighted by atomic mass is 10.1. The van der Waals surface area contributed by atoms with E-state index >= 15 is 0 Å². The van der Waals surface area contributed by atoms with E-state index in [-0.39, 0.29) is 35.7 Å². The molecule has 0 bridgehead atoms. The number of carbonyl (C=O) groups is 2. The maximum Gasteiger partial charge on any atom is 0.245 e. The summed E-state index contributed by atoms with van der Waals surface area (Å²) in [7, 11) is 0. The van der Waals surface area contributed by atoms with Gasteiger partial charge < -0.3 is 25.8 Å². The zero-order valence-electron chi connectivity index (χ0n) is 20.4. The highest BCUT2D eigenvalue weighted by atomic mass is 16.2. The van der Waals surface area contributed by atoms with Gasteiger partial charge in [0.05, 0.1) is 0 Å². The van der Waals surface area contributed by atoms with E-state index in [0.717, 1.165) is 68.1 Å². The van der Waals surface area contributed by atoms with Crippen LogP contribution in [0, 0.1) is 11.3 Å². The first kappa shape index (κ1) is 24.3. The molecule has 4 rings (SSSR count). The highest BCUT2D eigenvalue weighted by Crippen LogP contribution is 2.29. The number of nitrogens with zero attached hydrogens (tertiary/aromatic N) is 3. The second-order valence-electron chi connectivity index (χ2n) is 9.76. The van der Waals surface area contributed by atoms with Crippen LogP contribution in [0.4, 0.5) is 0 Å². The number of nitrogens with one attached hydrogen (secondary N) is 1. The number of benzene rings is 1. The zero-order chi connectivity index (χ0) is 24.4. The first-order valence-corrected chi connectivity index (χ1v) is 12.6. The van der Waals surface area contributed by atoms with Gasteiger partial charge in [0.25, 0.3) is 0 Å². The average molecular weight is 467 g/mol. The van der Waals surface area contributed by atoms with Crippen LogP contribution in [0.15, 0.2) is 24.3 Å². The number of hydrogen-bond donors (Lipinski definition) is 3. The van der Waals surface area contributed by atoms with Gasteiger partial charge in [0.2, 0.25) is 11.8 Å². The van der Waals surface area contributed by atoms with Crippen LogP contribution in [-0.4, -0.2) is 63.7 Å². The first-order chi connectivity index (χ1) is 16.3. The van der Waals surface area contributed by atoms with Crippen LogP contribution in [-0.2, 0) is 22.6 Å². The van der Waals surface area contributed by atoms with Crippen molar-refractivity contribution in [1.29, 1.82) is 5.41 Å². The molecule has 1 aromatic carbocycles. The van der Waals surface area contributed by atoms with E-state index in [1.165, 1.54) is 5.69 Å². The van der Waals surface area contributed by atoms with Crippen LogP contribution < -0.4 is 11.5 Å². The van der Waals surface area contributed by atoms with Crippen molar-refractivity contribution in [3.8, 4) is 0 Å². The molecule has 2 aromatic rings. The SMILES string of the molecule is CCn1c(CCC2CCCN2C(=O)[C@@H]2CCCN2C(=O)[C@H](C)CN)cc2ccc(C(=N)N)cc21. The minimum Gasteiger partial charge on any atom is -0.384 e. The number of nitrogens with two attached hydrogens (primary N) is 2. The average Bonchev–Trinajstić information content (AvgIpc) is 3.58. The van der Waals surface area contributed by atoms with Crippen molar-refractivity contribution in [2.75, 3.05) is 19.6 Å². The van der Waals surface area contributed by atoms with E-state index in [1.807, 2.05) is 30.0 Å². The van der Waals surface area contributed by atoms with Gasteiger partial charge in [-0.1, -0.05) is 19.1 Å². The zero-order valence-corrected chi connectivity index (χ0v) is 20.4. The van der Waals surface area contributed by atoms with E-state index in [1.54, 1.807) is 4.90 Å². The van der Waals surface area contributed by atoms with Crippen molar-refractivity contribution in [3.05, 3.63) is 35.5 Å². The van der Waals surface area contributed by atoms with Gasteiger partial charge in [0, 0.05) is 54.9 Å². The Bertz CT molecular complexity index is 1080. The van der Waals surface area contributed by atoms with Gasteiger partial charge >= 0.3 is 0 Å². The molecule has 2 amide bonds. The van der Waals surface area contributed by atoms with E-state index in [2.05, 4.69) is 17.6 Å². The summed E-state index contributed by atoms with van der Waals surface area (Å²) in [5, 5.41) is 8.90. The van der Waals surface area contributed by atoms with Gasteiger partial charge in [0.15, 0.2) is 0 Å². The summed E-state index contributed by atoms with van der Waals surface area (Å²) in [6.07, 6.45) is 5.41. The largest absolute Gasteiger partial charge is 0.384 e. The van der Waals surface area contributed by atoms with E-state index in [0.29, 0.717) is 13.1 Å². The number of fused-ring (bicyclic) bond motifs is 1. The lowest BCUT2D eigenvalue weighted by Crippen LogP contribution is -2.51. The molecule has 0 saturated carbocycles. The van der Waals surface area contributed by atoms with Crippen LogP contribution >= 0.6 is 0 Å². The number of carbonyl (C=O) groups excluding carboxylic acids is 2. The summed E-state index contributed by atoms with van der Waals surface area (Å²) in [6.45, 7) is 6.54. The molecule has 2 fully saturated rings. The van der Waals surface area contributed by atoms with Gasteiger partial charge in [-0.2, -0.15) is 0 Å². The maximum absolute atomic E-state index is 13.5. The van der Waals surface area contributed by atoms with E-state index in [9.17, 15) is 9.59 Å². The molecule has 3 heterocycles. The van der Waals surface area contributed by atoms with Crippen molar-refractivity contribution in [2.45, 2.75) is 71.0 Å². The smallest absolute Gasteiger partial charge is 0.245 e. The molecule has 1 aromatic heterocycles. The van der Waals surface area contributed by atoms with Gasteiger partial charge in [-0.3, -0.25) is 15.0 Å². The standard InChI is InChI=1S/C26H38N6O2/c1-3-30-21(14-18-8-9-19(24(28)29)15-23(18)30)11-10-20-6-4-12-31(20)26(34)22-7-5-13-32(22)25(33)17(2)16-27/h8-9,14-15,17,20,22H,3-7,10-13,16,27H2,1-2H3,(H3,28,29)/t17-,20?,22+/m1/s1. The number of likely N-dealkylation sites (tertiary alicyclic amines) is 2. The van der Waals surface area contributed by atoms with Gasteiger partial charge in [-0.15, -0.1) is 0 Å². The fourth-order valence-corrected chi connectivity index (χ4v) is 5.66. The predicted octanol–water partition coefficient (Wildman–Crippen LogP) is 2.45. The summed E-state index contributed by atoms with van der Waals surface area (Å²) in [4.78, 5) is 30.1. The van der Waals surface area contributed by atoms with Crippen molar-refractivity contribution >= 4 is 28.6 Å². The molecule has 0 aliphatic carbocycles. The Morgan fingerprint density at radius 2 is 1.88 bits per heavy atom. The quantitative estimate of drug-likeness (QED) is 0.409. The second-order valence-corrected chi connectivity index (χ2v) is 9.76. The number of rotatable bonds is 8. The molecule has 0 radical (unpaired) electrons. The first-order valence-electron chi connectivity index (χ1n) is 12.6. The Kier molecular flexibility index (Phi) is 7.26. The van der Waals surface area contributed by atoms with E-state index in [4.69, 9.17) is 16.9 Å². The molecule has 1 unspecified atom stereocenters. The Morgan fingerprint density at radius 1 is 1.15 bits per heavy atom. The summed E-state index contributed by atoms with van der Waals surface area (Å²) in [6, 6.07) is 7.99. The maximum atomic E-state index is 13.5. The number of aryl methyl sites for hydroxylation is 2. The molecule has 2 aliphatic heterocycles. The second kappa shape index (κ2) is 10.2. The minimum atomic E-state index is -0.339. The van der Waals surface area contributed by atoms with Crippen molar-refractivity contribution in [2.24, 2.45) is 17.4 Å². The predicted molar refractivity (Wildman–Crippen MR) is 135 cm³/mol. The molecule has 2 saturated heterocycles. The summed E-state index contributed by atoms with van der Waals surface area (Å²) < 4.78 is 2.29. The Labute approximate surface area is 201 Å². The molecular weight excluding hydrogens is 428 g/mol. The number of aromatic nitrogens is 1. The minimum absolute atomic E-state index is 0.00601. The lowest BCUT2D eigenvalue weighted by molar-refractivity contribution is -0.146. The third-order valence-electron chi connectivity index (χ3n) is 7.61. The topological polar surface area (TPSA) is 121 Å². The lowest BCUT2D eigenvalue weighted by Gasteiger charge is -2.32. The molecule has 8 nitrogen and oxygen atoms in total. The van der Waals surface area contributed by atoms with Crippen LogP contribution in [0.25, 0.3) is 10.9 Å². The number of amides is 2. The van der Waals surface area contributed by atoms with Gasteiger partial charge in [-0.05, 0) is 63.0 Å². The molecule has 34 heavy (non-hydrogen) atoms. The monoisotopic (exact) mass is 466 g/mol. The summed E-state index contributed by atoms with van der Waals surface area (Å²) >= 11 is 0. The fourth-order valence-electron chi connectivity index (χ4n) is 5.66. The Balaban J connectivity index is 1.47. The van der Waals surface area contributed by atoms with E-state index < -0.39 is 0 Å². The third-order valence-corrected chi connectivity index (χ3v) is 7.61. The molecule has 0 spiro atoms. The molecule has 5 N–H and O–H groups in total. The molecule has 3 atom stereocenters. The van der Waals surface area contributed by atoms with Crippen LogP contribution in [0.1, 0.15) is 57.2 Å². The highest BCUT2D eigenvalue weighted by molar-refractivity contribution is 5.98. The van der Waals surface area contributed by atoms with Crippen LogP contribution in [0.3, 0.4) is 0 Å². The summed E-state index contributed by atoms with van der Waals surface area (Å²) in [5.41, 5.74) is 14.5. The third kappa shape index (κ3) is 4.56.